The number of piperidine rings is 1. The summed E-state index contributed by atoms with van der Waals surface area (Å²) in [6, 6.07) is 5.12. The number of hydrogen-bond acceptors (Lipinski definition) is 9. The highest BCUT2D eigenvalue weighted by molar-refractivity contribution is 6.33. The van der Waals surface area contributed by atoms with Gasteiger partial charge in [0.1, 0.15) is 24.3 Å². The Hall–Kier alpha value is -2.72. The van der Waals surface area contributed by atoms with Gasteiger partial charge in [-0.1, -0.05) is 11.6 Å². The van der Waals surface area contributed by atoms with E-state index in [0.717, 1.165) is 5.56 Å². The smallest absolute Gasteiger partial charge is 0.163 e. The minimum Gasteiger partial charge on any atom is -0.491 e. The molecule has 3 rings (SSSR count). The number of ketones is 1. The molecule has 1 saturated heterocycles. The first-order valence-corrected chi connectivity index (χ1v) is 12.0. The zero-order valence-electron chi connectivity index (χ0n) is 20.6. The van der Waals surface area contributed by atoms with Crippen molar-refractivity contribution in [3.8, 4) is 17.1 Å². The Morgan fingerprint density at radius 2 is 2.00 bits per heavy atom. The zero-order valence-corrected chi connectivity index (χ0v) is 21.4. The number of carbonyl (C=O) groups excluding carboxylic acids is 1. The molecule has 1 fully saturated rings. The first-order chi connectivity index (χ1) is 16.6. The van der Waals surface area contributed by atoms with E-state index in [-0.39, 0.29) is 18.5 Å². The molecule has 1 aromatic carbocycles. The Bertz CT molecular complexity index is 1100. The van der Waals surface area contributed by atoms with Crippen molar-refractivity contribution in [1.82, 2.24) is 15.3 Å². The molecule has 0 spiro atoms. The molecule has 2 heterocycles. The largest absolute Gasteiger partial charge is 0.491 e. The second-order valence-electron chi connectivity index (χ2n) is 8.84. The number of aromatic nitrogens is 2. The molecule has 1 atom stereocenters. The molecule has 9 nitrogen and oxygen atoms in total. The van der Waals surface area contributed by atoms with Crippen LogP contribution in [0.2, 0.25) is 5.02 Å². The van der Waals surface area contributed by atoms with Crippen LogP contribution in [0.1, 0.15) is 37.9 Å². The predicted octanol–water partition coefficient (Wildman–Crippen LogP) is 2.30. The van der Waals surface area contributed by atoms with Crippen LogP contribution < -0.4 is 20.7 Å². The number of nitrogens with zero attached hydrogens (tertiary/aromatic N) is 3. The molecular formula is C25H34ClN5O4. The lowest BCUT2D eigenvalue weighted by atomic mass is 10.0. The Morgan fingerprint density at radius 3 is 2.60 bits per heavy atom. The van der Waals surface area contributed by atoms with Gasteiger partial charge in [0, 0.05) is 36.5 Å². The second-order valence-corrected chi connectivity index (χ2v) is 9.25. The minimum absolute atomic E-state index is 0.104. The molecule has 10 heteroatoms. The van der Waals surface area contributed by atoms with Crippen LogP contribution in [0.25, 0.3) is 17.0 Å². The Morgan fingerprint density at radius 1 is 1.31 bits per heavy atom. The number of allylic oxidation sites excluding steroid dienone is 2. The number of aliphatic hydroxyl groups is 2. The number of nitrogens with one attached hydrogen (secondary N) is 1. The third-order valence-corrected chi connectivity index (χ3v) is 6.26. The number of rotatable bonds is 9. The number of aliphatic hydroxyl groups excluding tert-OH is 2. The molecule has 1 aliphatic rings. The average Bonchev–Trinajstić information content (AvgIpc) is 2.80. The molecule has 0 amide bonds. The summed E-state index contributed by atoms with van der Waals surface area (Å²) >= 11 is 6.55. The molecule has 0 bridgehead atoms. The van der Waals surface area contributed by atoms with Crippen molar-refractivity contribution >= 4 is 28.8 Å². The number of likely N-dealkylation sites (N-methyl/N-ethyl adjacent to an activating group) is 1. The maximum atomic E-state index is 12.5. The Balaban J connectivity index is 2.12. The van der Waals surface area contributed by atoms with Gasteiger partial charge in [-0.15, -0.1) is 0 Å². The molecule has 1 aliphatic heterocycles. The SMILES string of the molecule is CNC[C@@H](O)COc1ccc(Cl)c(-c2nc(C(C(C)=O)=C(C)N)c(C)c(N3CCC(O)CC3)n2)c1. The molecule has 0 aliphatic carbocycles. The maximum Gasteiger partial charge on any atom is 0.163 e. The molecule has 1 aromatic heterocycles. The highest BCUT2D eigenvalue weighted by Gasteiger charge is 2.26. The lowest BCUT2D eigenvalue weighted by Crippen LogP contribution is -2.37. The van der Waals surface area contributed by atoms with E-state index < -0.39 is 6.10 Å². The topological polar surface area (TPSA) is 134 Å². The summed E-state index contributed by atoms with van der Waals surface area (Å²) < 4.78 is 5.75. The molecular weight excluding hydrogens is 470 g/mol. The fourth-order valence-corrected chi connectivity index (χ4v) is 4.34. The standard InChI is InChI=1S/C25H34ClN5O4/c1-14-23(22(15(2)27)16(3)32)29-24(30-25(14)31-9-7-17(33)8-10-31)20-11-19(5-6-21(20)26)35-13-18(34)12-28-4/h5-6,11,17-18,28,33-34H,7-10,12-13,27H2,1-4H3/t18-/m1/s1. The molecule has 0 saturated carbocycles. The Labute approximate surface area is 211 Å². The van der Waals surface area contributed by atoms with E-state index in [2.05, 4.69) is 10.2 Å². The van der Waals surface area contributed by atoms with Crippen LogP contribution in [0.5, 0.6) is 5.75 Å². The summed E-state index contributed by atoms with van der Waals surface area (Å²) in [6.45, 7) is 6.76. The third-order valence-electron chi connectivity index (χ3n) is 5.93. The van der Waals surface area contributed by atoms with Gasteiger partial charge in [-0.3, -0.25) is 4.79 Å². The van der Waals surface area contributed by atoms with E-state index in [0.29, 0.717) is 77.4 Å². The third kappa shape index (κ3) is 6.49. The van der Waals surface area contributed by atoms with E-state index in [1.165, 1.54) is 6.92 Å². The number of carbonyl (C=O) groups is 1. The normalized spacial score (nSPS) is 16.1. The fourth-order valence-electron chi connectivity index (χ4n) is 4.14. The summed E-state index contributed by atoms with van der Waals surface area (Å²) in [4.78, 5) is 24.2. The number of benzene rings is 1. The van der Waals surface area contributed by atoms with Gasteiger partial charge in [-0.25, -0.2) is 9.97 Å². The number of ether oxygens (including phenoxy) is 1. The summed E-state index contributed by atoms with van der Waals surface area (Å²) in [5.41, 5.74) is 8.52. The summed E-state index contributed by atoms with van der Waals surface area (Å²) in [5.74, 6) is 1.31. The van der Waals surface area contributed by atoms with Crippen molar-refractivity contribution in [2.24, 2.45) is 5.73 Å². The molecule has 35 heavy (non-hydrogen) atoms. The van der Waals surface area contributed by atoms with Crippen molar-refractivity contribution < 1.29 is 19.7 Å². The van der Waals surface area contributed by atoms with Gasteiger partial charge in [0.25, 0.3) is 0 Å². The number of hydrogen-bond donors (Lipinski definition) is 4. The lowest BCUT2D eigenvalue weighted by Gasteiger charge is -2.32. The Kier molecular flexibility index (Phi) is 9.07. The van der Waals surface area contributed by atoms with E-state index in [1.807, 2.05) is 6.92 Å². The van der Waals surface area contributed by atoms with E-state index in [4.69, 9.17) is 32.0 Å². The van der Waals surface area contributed by atoms with Crippen LogP contribution >= 0.6 is 11.6 Å². The van der Waals surface area contributed by atoms with Gasteiger partial charge in [0.2, 0.25) is 0 Å². The van der Waals surface area contributed by atoms with Crippen molar-refractivity contribution in [3.05, 3.63) is 40.2 Å². The van der Waals surface area contributed by atoms with Gasteiger partial charge in [0.05, 0.1) is 22.4 Å². The van der Waals surface area contributed by atoms with Crippen LogP contribution in [-0.4, -0.2) is 71.5 Å². The lowest BCUT2D eigenvalue weighted by molar-refractivity contribution is -0.111. The van der Waals surface area contributed by atoms with Crippen molar-refractivity contribution in [1.29, 1.82) is 0 Å². The zero-order chi connectivity index (χ0) is 25.7. The van der Waals surface area contributed by atoms with Crippen molar-refractivity contribution in [3.63, 3.8) is 0 Å². The predicted molar refractivity (Wildman–Crippen MR) is 138 cm³/mol. The molecule has 2 aromatic rings. The van der Waals surface area contributed by atoms with Crippen molar-refractivity contribution in [2.75, 3.05) is 38.2 Å². The monoisotopic (exact) mass is 503 g/mol. The molecule has 5 N–H and O–H groups in total. The summed E-state index contributed by atoms with van der Waals surface area (Å²) in [5, 5.41) is 23.3. The van der Waals surface area contributed by atoms with E-state index >= 15 is 0 Å². The molecule has 190 valence electrons. The quantitative estimate of drug-likeness (QED) is 0.380. The van der Waals surface area contributed by atoms with Crippen LogP contribution in [0, 0.1) is 6.92 Å². The number of nitrogens with two attached hydrogens (primary N) is 1. The highest BCUT2D eigenvalue weighted by Crippen LogP contribution is 2.35. The summed E-state index contributed by atoms with van der Waals surface area (Å²) in [6.07, 6.45) is 0.239. The second kappa shape index (κ2) is 11.8. The van der Waals surface area contributed by atoms with Crippen LogP contribution in [-0.2, 0) is 4.79 Å². The van der Waals surface area contributed by atoms with E-state index in [1.54, 1.807) is 32.2 Å². The summed E-state index contributed by atoms with van der Waals surface area (Å²) in [7, 11) is 1.75. The minimum atomic E-state index is -0.668. The number of anilines is 1. The van der Waals surface area contributed by atoms with Gasteiger partial charge in [0.15, 0.2) is 11.6 Å². The number of Topliss-reactive ketones (excluding diaryl/α,β-unsaturated/α-hetero) is 1. The number of halogens is 1. The van der Waals surface area contributed by atoms with Gasteiger partial charge in [-0.05, 0) is 58.9 Å². The van der Waals surface area contributed by atoms with Gasteiger partial charge < -0.3 is 30.9 Å². The molecule has 0 radical (unpaired) electrons. The van der Waals surface area contributed by atoms with Gasteiger partial charge >= 0.3 is 0 Å². The van der Waals surface area contributed by atoms with E-state index in [9.17, 15) is 15.0 Å². The van der Waals surface area contributed by atoms with Crippen LogP contribution in [0.15, 0.2) is 23.9 Å². The van der Waals surface area contributed by atoms with Crippen LogP contribution in [0.4, 0.5) is 5.82 Å². The van der Waals surface area contributed by atoms with Gasteiger partial charge in [-0.2, -0.15) is 0 Å². The van der Waals surface area contributed by atoms with Crippen molar-refractivity contribution in [2.45, 2.75) is 45.8 Å². The fraction of sp³-hybridized carbons (Fsp3) is 0.480. The first kappa shape index (κ1) is 26.9. The highest BCUT2D eigenvalue weighted by atomic mass is 35.5. The van der Waals surface area contributed by atoms with Crippen LogP contribution in [0.3, 0.4) is 0 Å². The average molecular weight is 504 g/mol. The first-order valence-electron chi connectivity index (χ1n) is 11.7. The maximum absolute atomic E-state index is 12.5. The molecule has 0 unspecified atom stereocenters.